The van der Waals surface area contributed by atoms with Gasteiger partial charge in [-0.2, -0.15) is 21.6 Å². The highest BCUT2D eigenvalue weighted by Crippen LogP contribution is 2.27. The molecule has 0 aromatic rings. The summed E-state index contributed by atoms with van der Waals surface area (Å²) in [6.45, 7) is 1.09. The third kappa shape index (κ3) is 3.37. The average molecular weight is 242 g/mol. The lowest BCUT2D eigenvalue weighted by atomic mass is 10.3. The number of hydrogen-bond donors (Lipinski definition) is 0. The molecule has 14 heavy (non-hydrogen) atoms. The van der Waals surface area contributed by atoms with Crippen molar-refractivity contribution in [3.05, 3.63) is 0 Å². The maximum atomic E-state index is 11.9. The van der Waals surface area contributed by atoms with Gasteiger partial charge in [0.15, 0.2) is 0 Å². The first-order valence-corrected chi connectivity index (χ1v) is 4.80. The molecule has 86 valence electrons. The van der Waals surface area contributed by atoms with Crippen LogP contribution in [0.2, 0.25) is 0 Å². The van der Waals surface area contributed by atoms with Crippen LogP contribution in [-0.4, -0.2) is 26.5 Å². The Bertz CT molecular complexity index is 270. The molecular weight excluding hydrogens is 235 g/mol. The lowest BCUT2D eigenvalue weighted by Crippen LogP contribution is -2.33. The Hall–Kier alpha value is -0.440. The summed E-state index contributed by atoms with van der Waals surface area (Å²) >= 11 is 0. The molecule has 0 aliphatic rings. The molecule has 9 heteroatoms. The molecule has 0 amide bonds. The molecule has 0 heterocycles. The van der Waals surface area contributed by atoms with Crippen molar-refractivity contribution in [3.63, 3.8) is 0 Å². The Balaban J connectivity index is 4.67. The largest absolute Gasteiger partial charge is 0.523 e. The van der Waals surface area contributed by atoms with Crippen LogP contribution in [0.5, 0.6) is 0 Å². The molecule has 0 fully saturated rings. The number of rotatable bonds is 4. The summed E-state index contributed by atoms with van der Waals surface area (Å²) in [7, 11) is -5.93. The summed E-state index contributed by atoms with van der Waals surface area (Å²) in [6, 6.07) is 0. The van der Waals surface area contributed by atoms with Gasteiger partial charge in [0.25, 0.3) is 6.43 Å². The minimum Gasteiger partial charge on any atom is -0.254 e. The van der Waals surface area contributed by atoms with Crippen LogP contribution < -0.4 is 0 Å². The summed E-state index contributed by atoms with van der Waals surface area (Å²) in [6.07, 6.45) is -6.08. The maximum Gasteiger partial charge on any atom is 0.523 e. The van der Waals surface area contributed by atoms with E-state index in [1.807, 2.05) is 0 Å². The Morgan fingerprint density at radius 3 is 1.93 bits per heavy atom. The second kappa shape index (κ2) is 4.39. The van der Waals surface area contributed by atoms with Crippen LogP contribution in [0.3, 0.4) is 0 Å². The van der Waals surface area contributed by atoms with E-state index in [2.05, 4.69) is 4.18 Å². The van der Waals surface area contributed by atoms with Crippen molar-refractivity contribution in [1.82, 2.24) is 0 Å². The zero-order valence-electron chi connectivity index (χ0n) is 6.88. The van der Waals surface area contributed by atoms with E-state index in [1.54, 1.807) is 0 Å². The van der Waals surface area contributed by atoms with Gasteiger partial charge in [0.2, 0.25) is 0 Å². The van der Waals surface area contributed by atoms with Gasteiger partial charge in [-0.25, -0.2) is 8.78 Å². The van der Waals surface area contributed by atoms with Crippen molar-refractivity contribution in [2.24, 2.45) is 0 Å². The summed E-state index contributed by atoms with van der Waals surface area (Å²) in [5.74, 6) is 0. The maximum absolute atomic E-state index is 11.9. The van der Waals surface area contributed by atoms with E-state index in [4.69, 9.17) is 0 Å². The first kappa shape index (κ1) is 13.6. The molecule has 0 rings (SSSR count). The monoisotopic (exact) mass is 242 g/mol. The smallest absolute Gasteiger partial charge is 0.254 e. The second-order valence-corrected chi connectivity index (χ2v) is 3.84. The highest BCUT2D eigenvalue weighted by molar-refractivity contribution is 7.87. The molecule has 0 saturated carbocycles. The zero-order valence-corrected chi connectivity index (χ0v) is 7.70. The van der Waals surface area contributed by atoms with E-state index in [0.717, 1.165) is 6.92 Å². The van der Waals surface area contributed by atoms with Crippen LogP contribution in [0.4, 0.5) is 22.0 Å². The Morgan fingerprint density at radius 2 is 1.71 bits per heavy atom. The zero-order chi connectivity index (χ0) is 11.6. The number of halogens is 5. The van der Waals surface area contributed by atoms with Crippen molar-refractivity contribution >= 4 is 10.1 Å². The van der Waals surface area contributed by atoms with E-state index < -0.39 is 34.6 Å². The topological polar surface area (TPSA) is 43.4 Å². The Labute approximate surface area is 77.0 Å². The van der Waals surface area contributed by atoms with Crippen molar-refractivity contribution < 1.29 is 34.6 Å². The molecule has 1 atom stereocenters. The van der Waals surface area contributed by atoms with Gasteiger partial charge in [-0.3, -0.25) is 4.18 Å². The molecule has 0 bridgehead atoms. The van der Waals surface area contributed by atoms with E-state index in [0.29, 0.717) is 0 Å². The molecule has 0 N–H and O–H groups in total. The highest BCUT2D eigenvalue weighted by atomic mass is 32.2. The highest BCUT2D eigenvalue weighted by Gasteiger charge is 2.49. The molecule has 3 nitrogen and oxygen atoms in total. The molecule has 0 unspecified atom stereocenters. The minimum atomic E-state index is -5.93. The van der Waals surface area contributed by atoms with E-state index in [1.165, 1.54) is 0 Å². The first-order chi connectivity index (χ1) is 6.12. The van der Waals surface area contributed by atoms with Gasteiger partial charge in [-0.15, -0.1) is 0 Å². The second-order valence-electron chi connectivity index (χ2n) is 2.28. The Morgan fingerprint density at radius 1 is 1.29 bits per heavy atom. The van der Waals surface area contributed by atoms with Crippen molar-refractivity contribution in [3.8, 4) is 0 Å². The van der Waals surface area contributed by atoms with Crippen LogP contribution in [0, 0.1) is 0 Å². The van der Waals surface area contributed by atoms with E-state index in [-0.39, 0.29) is 0 Å². The summed E-state index contributed by atoms with van der Waals surface area (Å²) in [5, 5.41) is 0. The average Bonchev–Trinajstić information content (AvgIpc) is 1.97. The summed E-state index contributed by atoms with van der Waals surface area (Å²) in [5.41, 5.74) is -5.67. The van der Waals surface area contributed by atoms with Gasteiger partial charge in [0, 0.05) is 0 Å². The molecule has 0 radical (unpaired) electrons. The standard InChI is InChI=1S/C5H7F5O3S/c1-2-3(4(6)7)13-14(11,12)5(8,9)10/h3-4H,2H2,1H3/t3-/m1/s1. The molecule has 0 aliphatic carbocycles. The fourth-order valence-corrected chi connectivity index (χ4v) is 1.16. The van der Waals surface area contributed by atoms with Gasteiger partial charge in [-0.1, -0.05) is 6.92 Å². The van der Waals surface area contributed by atoms with Crippen LogP contribution in [0.25, 0.3) is 0 Å². The minimum absolute atomic E-state index is 0.535. The van der Waals surface area contributed by atoms with E-state index in [9.17, 15) is 30.4 Å². The molecular formula is C5H7F5O3S. The number of hydrogen-bond acceptors (Lipinski definition) is 3. The fraction of sp³-hybridized carbons (Fsp3) is 1.00. The predicted octanol–water partition coefficient (Wildman–Crippen LogP) is 1.90. The molecule has 0 saturated heterocycles. The predicted molar refractivity (Wildman–Crippen MR) is 36.1 cm³/mol. The third-order valence-corrected chi connectivity index (χ3v) is 2.28. The van der Waals surface area contributed by atoms with Crippen molar-refractivity contribution in [2.75, 3.05) is 0 Å². The van der Waals surface area contributed by atoms with E-state index >= 15 is 0 Å². The lowest BCUT2D eigenvalue weighted by Gasteiger charge is -2.15. The van der Waals surface area contributed by atoms with Crippen molar-refractivity contribution in [1.29, 1.82) is 0 Å². The third-order valence-electron chi connectivity index (χ3n) is 1.22. The first-order valence-electron chi connectivity index (χ1n) is 3.39. The van der Waals surface area contributed by atoms with Gasteiger partial charge < -0.3 is 0 Å². The van der Waals surface area contributed by atoms with Gasteiger partial charge in [0.05, 0.1) is 0 Å². The van der Waals surface area contributed by atoms with Gasteiger partial charge >= 0.3 is 15.6 Å². The van der Waals surface area contributed by atoms with Crippen LogP contribution in [0.1, 0.15) is 13.3 Å². The lowest BCUT2D eigenvalue weighted by molar-refractivity contribution is -0.0666. The molecule has 0 aliphatic heterocycles. The molecule has 0 spiro atoms. The SMILES string of the molecule is CC[C@@H](OS(=O)(=O)C(F)(F)F)C(F)F. The van der Waals surface area contributed by atoms with Crippen LogP contribution in [0.15, 0.2) is 0 Å². The van der Waals surface area contributed by atoms with Crippen molar-refractivity contribution in [2.45, 2.75) is 31.4 Å². The van der Waals surface area contributed by atoms with Gasteiger partial charge in [-0.05, 0) is 6.42 Å². The molecule has 0 aromatic carbocycles. The summed E-state index contributed by atoms with van der Waals surface area (Å²) < 4.78 is 82.4. The Kier molecular flexibility index (Phi) is 4.25. The normalized spacial score (nSPS) is 15.9. The summed E-state index contributed by atoms with van der Waals surface area (Å²) in [4.78, 5) is 0. The van der Waals surface area contributed by atoms with Crippen LogP contribution in [-0.2, 0) is 14.3 Å². The number of alkyl halides is 5. The van der Waals surface area contributed by atoms with Crippen LogP contribution >= 0.6 is 0 Å². The fourth-order valence-electron chi connectivity index (χ4n) is 0.505. The molecule has 0 aromatic heterocycles. The van der Waals surface area contributed by atoms with Gasteiger partial charge in [0.1, 0.15) is 6.10 Å². The quantitative estimate of drug-likeness (QED) is 0.429.